The minimum Gasteiger partial charge on any atom is -0.352 e. The van der Waals surface area contributed by atoms with Gasteiger partial charge in [-0.2, -0.15) is 5.26 Å². The van der Waals surface area contributed by atoms with Crippen LogP contribution in [0, 0.1) is 11.3 Å². The van der Waals surface area contributed by atoms with Crippen LogP contribution >= 0.6 is 0 Å². The van der Waals surface area contributed by atoms with Crippen molar-refractivity contribution >= 4 is 11.7 Å². The Morgan fingerprint density at radius 1 is 1.18 bits per heavy atom. The summed E-state index contributed by atoms with van der Waals surface area (Å²) in [7, 11) is 0. The number of piperazine rings is 1. The van der Waals surface area contributed by atoms with Gasteiger partial charge in [0.1, 0.15) is 5.82 Å². The zero-order valence-electron chi connectivity index (χ0n) is 12.0. The Hall–Kier alpha value is -2.94. The van der Waals surface area contributed by atoms with E-state index in [0.29, 0.717) is 24.2 Å². The Morgan fingerprint density at radius 2 is 2.00 bits per heavy atom. The predicted molar refractivity (Wildman–Crippen MR) is 81.3 cm³/mol. The summed E-state index contributed by atoms with van der Waals surface area (Å²) in [6, 6.07) is 8.88. The highest BCUT2D eigenvalue weighted by molar-refractivity contribution is 5.94. The molecule has 0 N–H and O–H groups in total. The van der Waals surface area contributed by atoms with Gasteiger partial charge >= 0.3 is 0 Å². The summed E-state index contributed by atoms with van der Waals surface area (Å²) in [6.45, 7) is 2.71. The van der Waals surface area contributed by atoms with Crippen molar-refractivity contribution in [3.05, 3.63) is 54.0 Å². The Labute approximate surface area is 128 Å². The summed E-state index contributed by atoms with van der Waals surface area (Å²) in [5.74, 6) is 0.803. The van der Waals surface area contributed by atoms with Crippen LogP contribution < -0.4 is 4.90 Å². The predicted octanol–water partition coefficient (Wildman–Crippen LogP) is 1.31. The molecule has 1 aromatic heterocycles. The molecule has 1 amide bonds. The lowest BCUT2D eigenvalue weighted by molar-refractivity contribution is 0.0746. The van der Waals surface area contributed by atoms with Gasteiger partial charge < -0.3 is 9.80 Å². The zero-order valence-corrected chi connectivity index (χ0v) is 12.0. The van der Waals surface area contributed by atoms with Crippen LogP contribution in [0.2, 0.25) is 0 Å². The van der Waals surface area contributed by atoms with E-state index in [1.165, 1.54) is 0 Å². The monoisotopic (exact) mass is 293 g/mol. The minimum atomic E-state index is -0.0316. The number of aromatic nitrogens is 2. The van der Waals surface area contributed by atoms with E-state index >= 15 is 0 Å². The van der Waals surface area contributed by atoms with Gasteiger partial charge in [0.25, 0.3) is 5.91 Å². The first-order valence-electron chi connectivity index (χ1n) is 7.08. The van der Waals surface area contributed by atoms with Crippen molar-refractivity contribution in [3.63, 3.8) is 0 Å². The molecular formula is C16H15N5O. The lowest BCUT2D eigenvalue weighted by atomic mass is 10.1. The lowest BCUT2D eigenvalue weighted by Gasteiger charge is -2.35. The zero-order chi connectivity index (χ0) is 15.4. The number of hydrogen-bond acceptors (Lipinski definition) is 5. The highest BCUT2D eigenvalue weighted by Crippen LogP contribution is 2.14. The number of amides is 1. The molecule has 0 atom stereocenters. The molecule has 1 aliphatic rings. The molecule has 0 aliphatic carbocycles. The number of anilines is 1. The number of carbonyl (C=O) groups excluding carboxylic acids is 1. The third-order valence-electron chi connectivity index (χ3n) is 3.68. The van der Waals surface area contributed by atoms with E-state index < -0.39 is 0 Å². The molecule has 6 heteroatoms. The molecule has 2 aromatic rings. The summed E-state index contributed by atoms with van der Waals surface area (Å²) in [6.07, 6.45) is 5.04. The second-order valence-corrected chi connectivity index (χ2v) is 5.04. The van der Waals surface area contributed by atoms with Gasteiger partial charge in [-0.05, 0) is 18.2 Å². The molecule has 0 saturated carbocycles. The van der Waals surface area contributed by atoms with Crippen LogP contribution in [0.25, 0.3) is 0 Å². The fraction of sp³-hybridized carbons (Fsp3) is 0.250. The molecule has 0 unspecified atom stereocenters. The molecule has 2 heterocycles. The van der Waals surface area contributed by atoms with Gasteiger partial charge in [-0.1, -0.05) is 6.07 Å². The maximum Gasteiger partial charge on any atom is 0.254 e. The molecule has 3 rings (SSSR count). The van der Waals surface area contributed by atoms with Gasteiger partial charge in [0, 0.05) is 44.1 Å². The fourth-order valence-corrected chi connectivity index (χ4v) is 2.50. The van der Waals surface area contributed by atoms with Gasteiger partial charge in [-0.3, -0.25) is 9.78 Å². The maximum atomic E-state index is 12.5. The summed E-state index contributed by atoms with van der Waals surface area (Å²) >= 11 is 0. The smallest absolute Gasteiger partial charge is 0.254 e. The number of nitrogens with zero attached hydrogens (tertiary/aromatic N) is 5. The van der Waals surface area contributed by atoms with Crippen molar-refractivity contribution in [1.82, 2.24) is 14.9 Å². The second-order valence-electron chi connectivity index (χ2n) is 5.04. The number of benzene rings is 1. The number of rotatable bonds is 2. The molecule has 110 valence electrons. The Bertz CT molecular complexity index is 702. The Morgan fingerprint density at radius 3 is 2.68 bits per heavy atom. The fourth-order valence-electron chi connectivity index (χ4n) is 2.50. The Kier molecular flexibility index (Phi) is 3.97. The SMILES string of the molecule is N#Cc1cccc(C(=O)N2CCN(c3cnccn3)CC2)c1. The van der Waals surface area contributed by atoms with Crippen molar-refractivity contribution in [3.8, 4) is 6.07 Å². The number of hydrogen-bond donors (Lipinski definition) is 0. The molecule has 1 saturated heterocycles. The minimum absolute atomic E-state index is 0.0316. The molecule has 1 fully saturated rings. The van der Waals surface area contributed by atoms with Crippen LogP contribution in [0.1, 0.15) is 15.9 Å². The van der Waals surface area contributed by atoms with E-state index in [1.54, 1.807) is 42.9 Å². The average Bonchev–Trinajstić information content (AvgIpc) is 2.62. The first kappa shape index (κ1) is 14.0. The van der Waals surface area contributed by atoms with Crippen LogP contribution in [-0.2, 0) is 0 Å². The van der Waals surface area contributed by atoms with Crippen LogP contribution in [-0.4, -0.2) is 47.0 Å². The first-order valence-corrected chi connectivity index (χ1v) is 7.08. The molecule has 0 bridgehead atoms. The quantitative estimate of drug-likeness (QED) is 0.834. The summed E-state index contributed by atoms with van der Waals surface area (Å²) in [5.41, 5.74) is 1.07. The van der Waals surface area contributed by atoms with Crippen molar-refractivity contribution in [2.45, 2.75) is 0 Å². The highest BCUT2D eigenvalue weighted by Gasteiger charge is 2.22. The van der Waals surface area contributed by atoms with Gasteiger partial charge in [-0.15, -0.1) is 0 Å². The molecule has 1 aliphatic heterocycles. The van der Waals surface area contributed by atoms with Gasteiger partial charge in [0.05, 0.1) is 17.8 Å². The van der Waals surface area contributed by atoms with Crippen LogP contribution in [0.5, 0.6) is 0 Å². The van der Waals surface area contributed by atoms with E-state index in [9.17, 15) is 4.79 Å². The summed E-state index contributed by atoms with van der Waals surface area (Å²) < 4.78 is 0. The molecular weight excluding hydrogens is 278 g/mol. The number of carbonyl (C=O) groups is 1. The highest BCUT2D eigenvalue weighted by atomic mass is 16.2. The average molecular weight is 293 g/mol. The summed E-state index contributed by atoms with van der Waals surface area (Å²) in [5, 5.41) is 8.92. The second kappa shape index (κ2) is 6.22. The summed E-state index contributed by atoms with van der Waals surface area (Å²) in [4.78, 5) is 24.7. The van der Waals surface area contributed by atoms with Crippen molar-refractivity contribution in [2.75, 3.05) is 31.1 Å². The van der Waals surface area contributed by atoms with E-state index in [0.717, 1.165) is 18.9 Å². The Balaban J connectivity index is 1.66. The third-order valence-corrected chi connectivity index (χ3v) is 3.68. The van der Waals surface area contributed by atoms with Crippen LogP contribution in [0.4, 0.5) is 5.82 Å². The normalized spacial score (nSPS) is 14.5. The van der Waals surface area contributed by atoms with Crippen LogP contribution in [0.3, 0.4) is 0 Å². The molecule has 22 heavy (non-hydrogen) atoms. The topological polar surface area (TPSA) is 73.1 Å². The van der Waals surface area contributed by atoms with E-state index in [4.69, 9.17) is 5.26 Å². The van der Waals surface area contributed by atoms with Crippen molar-refractivity contribution in [1.29, 1.82) is 5.26 Å². The maximum absolute atomic E-state index is 12.5. The lowest BCUT2D eigenvalue weighted by Crippen LogP contribution is -2.49. The molecule has 6 nitrogen and oxygen atoms in total. The number of nitriles is 1. The molecule has 1 aromatic carbocycles. The van der Waals surface area contributed by atoms with Gasteiger partial charge in [0.2, 0.25) is 0 Å². The van der Waals surface area contributed by atoms with Gasteiger partial charge in [-0.25, -0.2) is 4.98 Å². The van der Waals surface area contributed by atoms with Crippen molar-refractivity contribution in [2.24, 2.45) is 0 Å². The standard InChI is InChI=1S/C16H15N5O/c17-11-13-2-1-3-14(10-13)16(22)21-8-6-20(7-9-21)15-12-18-4-5-19-15/h1-5,10,12H,6-9H2. The van der Waals surface area contributed by atoms with E-state index in [-0.39, 0.29) is 5.91 Å². The van der Waals surface area contributed by atoms with E-state index in [2.05, 4.69) is 20.9 Å². The molecule has 0 spiro atoms. The van der Waals surface area contributed by atoms with E-state index in [1.807, 2.05) is 4.90 Å². The van der Waals surface area contributed by atoms with Crippen molar-refractivity contribution < 1.29 is 4.79 Å². The largest absolute Gasteiger partial charge is 0.352 e. The third kappa shape index (κ3) is 2.88. The first-order chi connectivity index (χ1) is 10.8. The van der Waals surface area contributed by atoms with Crippen LogP contribution in [0.15, 0.2) is 42.9 Å². The van der Waals surface area contributed by atoms with Gasteiger partial charge in [0.15, 0.2) is 0 Å². The molecule has 0 radical (unpaired) electrons.